The van der Waals surface area contributed by atoms with E-state index in [9.17, 15) is 4.79 Å². The Morgan fingerprint density at radius 2 is 2.25 bits per heavy atom. The van der Waals surface area contributed by atoms with Crippen LogP contribution in [-0.2, 0) is 0 Å². The molecule has 0 radical (unpaired) electrons. The summed E-state index contributed by atoms with van der Waals surface area (Å²) in [6, 6.07) is 5.27. The molecule has 2 aromatic rings. The highest BCUT2D eigenvalue weighted by Crippen LogP contribution is 2.34. The van der Waals surface area contributed by atoms with Crippen molar-refractivity contribution in [3.8, 4) is 11.5 Å². The van der Waals surface area contributed by atoms with Gasteiger partial charge >= 0.3 is 0 Å². The number of nitrogens with one attached hydrogen (secondary N) is 2. The summed E-state index contributed by atoms with van der Waals surface area (Å²) in [6.07, 6.45) is 0. The van der Waals surface area contributed by atoms with E-state index in [-0.39, 0.29) is 12.7 Å². The van der Waals surface area contributed by atoms with Crippen molar-refractivity contribution in [2.24, 2.45) is 0 Å². The van der Waals surface area contributed by atoms with Crippen LogP contribution in [0.4, 0.5) is 10.8 Å². The molecule has 1 aliphatic rings. The first-order valence-electron chi connectivity index (χ1n) is 6.16. The van der Waals surface area contributed by atoms with Gasteiger partial charge in [-0.15, -0.1) is 11.3 Å². The van der Waals surface area contributed by atoms with Crippen molar-refractivity contribution in [2.45, 2.75) is 6.92 Å². The molecule has 20 heavy (non-hydrogen) atoms. The zero-order valence-electron chi connectivity index (χ0n) is 10.8. The van der Waals surface area contributed by atoms with Crippen LogP contribution in [0.1, 0.15) is 17.4 Å². The SMILES string of the molecule is CCNc1nc(C(=O)Nc2ccc3c(c2)OCO3)cs1. The lowest BCUT2D eigenvalue weighted by Crippen LogP contribution is -2.12. The molecule has 0 aliphatic carbocycles. The Bertz CT molecular complexity index is 642. The lowest BCUT2D eigenvalue weighted by atomic mass is 10.2. The van der Waals surface area contributed by atoms with Crippen molar-refractivity contribution in [2.75, 3.05) is 24.0 Å². The molecule has 1 aromatic carbocycles. The molecule has 1 aliphatic heterocycles. The minimum absolute atomic E-state index is 0.213. The number of ether oxygens (including phenoxy) is 2. The number of amides is 1. The molecule has 0 unspecified atom stereocenters. The molecule has 0 fully saturated rings. The molecular weight excluding hydrogens is 278 g/mol. The zero-order valence-corrected chi connectivity index (χ0v) is 11.6. The number of carbonyl (C=O) groups is 1. The van der Waals surface area contributed by atoms with Crippen LogP contribution < -0.4 is 20.1 Å². The summed E-state index contributed by atoms with van der Waals surface area (Å²) in [7, 11) is 0. The minimum Gasteiger partial charge on any atom is -0.454 e. The number of hydrogen-bond donors (Lipinski definition) is 2. The number of fused-ring (bicyclic) bond motifs is 1. The van der Waals surface area contributed by atoms with Gasteiger partial charge in [0.25, 0.3) is 5.91 Å². The Kier molecular flexibility index (Phi) is 3.42. The Morgan fingerprint density at radius 3 is 3.10 bits per heavy atom. The number of carbonyl (C=O) groups excluding carboxylic acids is 1. The van der Waals surface area contributed by atoms with Crippen molar-refractivity contribution in [3.63, 3.8) is 0 Å². The van der Waals surface area contributed by atoms with Gasteiger partial charge in [0.2, 0.25) is 6.79 Å². The van der Waals surface area contributed by atoms with E-state index in [2.05, 4.69) is 15.6 Å². The molecule has 0 saturated heterocycles. The monoisotopic (exact) mass is 291 g/mol. The fourth-order valence-corrected chi connectivity index (χ4v) is 2.54. The summed E-state index contributed by atoms with van der Waals surface area (Å²) >= 11 is 1.41. The van der Waals surface area contributed by atoms with Crippen LogP contribution in [0.15, 0.2) is 23.6 Å². The third kappa shape index (κ3) is 2.53. The first-order chi connectivity index (χ1) is 9.76. The maximum Gasteiger partial charge on any atom is 0.275 e. The Morgan fingerprint density at radius 1 is 1.40 bits per heavy atom. The topological polar surface area (TPSA) is 72.5 Å². The van der Waals surface area contributed by atoms with E-state index in [4.69, 9.17) is 9.47 Å². The van der Waals surface area contributed by atoms with Crippen molar-refractivity contribution < 1.29 is 14.3 Å². The van der Waals surface area contributed by atoms with Gasteiger partial charge in [-0.2, -0.15) is 0 Å². The number of aromatic nitrogens is 1. The number of thiazole rings is 1. The molecule has 1 aromatic heterocycles. The number of hydrogen-bond acceptors (Lipinski definition) is 6. The van der Waals surface area contributed by atoms with Crippen LogP contribution in [0, 0.1) is 0 Å². The van der Waals surface area contributed by atoms with Gasteiger partial charge in [0.05, 0.1) is 0 Å². The lowest BCUT2D eigenvalue weighted by molar-refractivity contribution is 0.102. The van der Waals surface area contributed by atoms with Crippen molar-refractivity contribution in [1.29, 1.82) is 0 Å². The van der Waals surface area contributed by atoms with E-state index in [1.165, 1.54) is 11.3 Å². The molecule has 7 heteroatoms. The lowest BCUT2D eigenvalue weighted by Gasteiger charge is -2.04. The van der Waals surface area contributed by atoms with E-state index in [1.54, 1.807) is 23.6 Å². The summed E-state index contributed by atoms with van der Waals surface area (Å²) in [4.78, 5) is 16.3. The standard InChI is InChI=1S/C13H13N3O3S/c1-2-14-13-16-9(6-20-13)12(17)15-8-3-4-10-11(5-8)19-7-18-10/h3-6H,2,7H2,1H3,(H,14,16)(H,15,17). The molecule has 0 spiro atoms. The Balaban J connectivity index is 1.71. The van der Waals surface area contributed by atoms with E-state index in [0.717, 1.165) is 11.7 Å². The molecule has 3 rings (SSSR count). The van der Waals surface area contributed by atoms with Crippen molar-refractivity contribution in [3.05, 3.63) is 29.3 Å². The Labute approximate surface area is 119 Å². The third-order valence-corrected chi connectivity index (χ3v) is 3.50. The first-order valence-corrected chi connectivity index (χ1v) is 7.04. The fraction of sp³-hybridized carbons (Fsp3) is 0.231. The molecule has 0 bridgehead atoms. The van der Waals surface area contributed by atoms with Crippen LogP contribution in [0.25, 0.3) is 0 Å². The number of anilines is 2. The molecule has 0 atom stereocenters. The van der Waals surface area contributed by atoms with Gasteiger partial charge in [0, 0.05) is 23.7 Å². The van der Waals surface area contributed by atoms with Gasteiger partial charge in [-0.3, -0.25) is 4.79 Å². The molecule has 104 valence electrons. The second kappa shape index (κ2) is 5.38. The second-order valence-electron chi connectivity index (χ2n) is 4.09. The quantitative estimate of drug-likeness (QED) is 0.905. The molecule has 2 N–H and O–H groups in total. The normalized spacial score (nSPS) is 12.2. The molecule has 1 amide bonds. The largest absolute Gasteiger partial charge is 0.454 e. The summed E-state index contributed by atoms with van der Waals surface area (Å²) < 4.78 is 10.5. The summed E-state index contributed by atoms with van der Waals surface area (Å²) in [5, 5.41) is 8.32. The number of benzene rings is 1. The average Bonchev–Trinajstić information content (AvgIpc) is 3.07. The predicted molar refractivity (Wildman–Crippen MR) is 76.8 cm³/mol. The van der Waals surface area contributed by atoms with Gasteiger partial charge in [-0.05, 0) is 19.1 Å². The summed E-state index contributed by atoms with van der Waals surface area (Å²) in [5.41, 5.74) is 1.04. The second-order valence-corrected chi connectivity index (χ2v) is 4.95. The van der Waals surface area contributed by atoms with Crippen LogP contribution in [0.2, 0.25) is 0 Å². The first kappa shape index (κ1) is 12.7. The maximum absolute atomic E-state index is 12.1. The predicted octanol–water partition coefficient (Wildman–Crippen LogP) is 2.56. The van der Waals surface area contributed by atoms with E-state index >= 15 is 0 Å². The minimum atomic E-state index is -0.246. The van der Waals surface area contributed by atoms with Gasteiger partial charge in [0.15, 0.2) is 16.6 Å². The molecule has 6 nitrogen and oxygen atoms in total. The van der Waals surface area contributed by atoms with Crippen LogP contribution in [-0.4, -0.2) is 24.2 Å². The molecule has 0 saturated carbocycles. The highest BCUT2D eigenvalue weighted by atomic mass is 32.1. The average molecular weight is 291 g/mol. The summed E-state index contributed by atoms with van der Waals surface area (Å²) in [6.45, 7) is 2.97. The van der Waals surface area contributed by atoms with Crippen LogP contribution in [0.5, 0.6) is 11.5 Å². The zero-order chi connectivity index (χ0) is 13.9. The van der Waals surface area contributed by atoms with Gasteiger partial charge in [-0.25, -0.2) is 4.98 Å². The molecular formula is C13H13N3O3S. The Hall–Kier alpha value is -2.28. The highest BCUT2D eigenvalue weighted by Gasteiger charge is 2.15. The van der Waals surface area contributed by atoms with Crippen LogP contribution in [0.3, 0.4) is 0 Å². The molecule has 2 heterocycles. The van der Waals surface area contributed by atoms with E-state index < -0.39 is 0 Å². The van der Waals surface area contributed by atoms with Crippen molar-refractivity contribution in [1.82, 2.24) is 4.98 Å². The van der Waals surface area contributed by atoms with Crippen LogP contribution >= 0.6 is 11.3 Å². The van der Waals surface area contributed by atoms with Crippen molar-refractivity contribution >= 4 is 28.1 Å². The van der Waals surface area contributed by atoms with Gasteiger partial charge in [-0.1, -0.05) is 0 Å². The third-order valence-electron chi connectivity index (χ3n) is 2.70. The highest BCUT2D eigenvalue weighted by molar-refractivity contribution is 7.13. The number of rotatable bonds is 4. The van der Waals surface area contributed by atoms with E-state index in [0.29, 0.717) is 22.9 Å². The smallest absolute Gasteiger partial charge is 0.275 e. The maximum atomic E-state index is 12.1. The number of nitrogens with zero attached hydrogens (tertiary/aromatic N) is 1. The van der Waals surface area contributed by atoms with Gasteiger partial charge < -0.3 is 20.1 Å². The summed E-state index contributed by atoms with van der Waals surface area (Å²) in [5.74, 6) is 1.07. The van der Waals surface area contributed by atoms with Gasteiger partial charge in [0.1, 0.15) is 5.69 Å². The fourth-order valence-electron chi connectivity index (χ4n) is 1.78. The van der Waals surface area contributed by atoms with E-state index in [1.807, 2.05) is 6.92 Å².